The van der Waals surface area contributed by atoms with Gasteiger partial charge in [-0.1, -0.05) is 0 Å². The number of halogens is 1. The summed E-state index contributed by atoms with van der Waals surface area (Å²) < 4.78 is 47.9. The molecule has 0 bridgehead atoms. The Morgan fingerprint density at radius 2 is 1.78 bits per heavy atom. The number of rotatable bonds is 5. The first-order valence-corrected chi connectivity index (χ1v) is 8.70. The van der Waals surface area contributed by atoms with E-state index >= 15 is 0 Å². The summed E-state index contributed by atoms with van der Waals surface area (Å²) in [6, 6.07) is -0.749. The third-order valence-electron chi connectivity index (χ3n) is 1.82. The summed E-state index contributed by atoms with van der Waals surface area (Å²) in [5.41, 5.74) is 0. The maximum absolute atomic E-state index is 11.8. The summed E-state index contributed by atoms with van der Waals surface area (Å²) in [5, 5.41) is -0.0712. The van der Waals surface area contributed by atoms with E-state index in [1.807, 2.05) is 0 Å². The molecule has 0 aliphatic carbocycles. The van der Waals surface area contributed by atoms with Crippen molar-refractivity contribution in [1.82, 2.24) is 14.7 Å². The molecule has 0 saturated heterocycles. The molecule has 7 nitrogen and oxygen atoms in total. The Morgan fingerprint density at radius 3 is 2.22 bits per heavy atom. The molecule has 1 aromatic heterocycles. The molecule has 102 valence electrons. The lowest BCUT2D eigenvalue weighted by Crippen LogP contribution is -2.37. The van der Waals surface area contributed by atoms with Gasteiger partial charge in [-0.05, 0) is 18.5 Å². The highest BCUT2D eigenvalue weighted by Gasteiger charge is 2.20. The Morgan fingerprint density at radius 1 is 1.28 bits per heavy atom. The van der Waals surface area contributed by atoms with Gasteiger partial charge in [0.2, 0.25) is 15.3 Å². The van der Waals surface area contributed by atoms with Crippen LogP contribution in [0.25, 0.3) is 0 Å². The number of nitrogens with zero attached hydrogens (tertiary/aromatic N) is 2. The molecule has 1 atom stereocenters. The van der Waals surface area contributed by atoms with E-state index in [9.17, 15) is 16.8 Å². The van der Waals surface area contributed by atoms with E-state index in [1.54, 1.807) is 0 Å². The molecule has 0 aliphatic rings. The molecule has 1 rings (SSSR count). The van der Waals surface area contributed by atoms with Crippen molar-refractivity contribution in [3.8, 4) is 0 Å². The first-order valence-electron chi connectivity index (χ1n) is 4.78. The van der Waals surface area contributed by atoms with Gasteiger partial charge in [0.1, 0.15) is 14.7 Å². The van der Waals surface area contributed by atoms with Crippen LogP contribution in [0.15, 0.2) is 17.3 Å². The van der Waals surface area contributed by atoms with Gasteiger partial charge in [-0.2, -0.15) is 0 Å². The molecule has 1 N–H and O–H groups in total. The molecule has 0 spiro atoms. The maximum Gasteiger partial charge on any atom is 0.243 e. The van der Waals surface area contributed by atoms with Crippen LogP contribution in [0.2, 0.25) is 5.28 Å². The predicted molar refractivity (Wildman–Crippen MR) is 66.5 cm³/mol. The van der Waals surface area contributed by atoms with E-state index in [2.05, 4.69) is 14.7 Å². The van der Waals surface area contributed by atoms with Gasteiger partial charge in [0, 0.05) is 12.3 Å². The van der Waals surface area contributed by atoms with E-state index in [0.29, 0.717) is 0 Å². The van der Waals surface area contributed by atoms with Gasteiger partial charge in [-0.3, -0.25) is 0 Å². The zero-order valence-electron chi connectivity index (χ0n) is 9.66. The normalized spacial score (nSPS) is 14.4. The average Bonchev–Trinajstić information content (AvgIpc) is 2.13. The fraction of sp³-hybridized carbons (Fsp3) is 0.500. The lowest BCUT2D eigenvalue weighted by Gasteiger charge is -2.12. The fourth-order valence-electron chi connectivity index (χ4n) is 1.26. The van der Waals surface area contributed by atoms with Gasteiger partial charge in [0.05, 0.1) is 18.1 Å². The standard InChI is InChI=1S/C8H12ClN3O4S2/c1-6(5-17(2,13)14)12-18(15,16)7-3-10-8(9)11-4-7/h3-4,6,12H,5H2,1-2H3. The highest BCUT2D eigenvalue weighted by Crippen LogP contribution is 2.08. The van der Waals surface area contributed by atoms with Crippen molar-refractivity contribution in [1.29, 1.82) is 0 Å². The van der Waals surface area contributed by atoms with Crippen LogP contribution in [0.5, 0.6) is 0 Å². The highest BCUT2D eigenvalue weighted by atomic mass is 35.5. The van der Waals surface area contributed by atoms with Crippen molar-refractivity contribution >= 4 is 31.5 Å². The molecule has 1 unspecified atom stereocenters. The van der Waals surface area contributed by atoms with Crippen LogP contribution in [0.3, 0.4) is 0 Å². The van der Waals surface area contributed by atoms with Gasteiger partial charge >= 0.3 is 0 Å². The Balaban J connectivity index is 2.86. The first kappa shape index (κ1) is 15.3. The molecular weight excluding hydrogens is 302 g/mol. The van der Waals surface area contributed by atoms with Crippen LogP contribution in [0.1, 0.15) is 6.92 Å². The summed E-state index contributed by atoms with van der Waals surface area (Å²) in [7, 11) is -7.11. The van der Waals surface area contributed by atoms with Crippen LogP contribution in [0.4, 0.5) is 0 Å². The second-order valence-electron chi connectivity index (χ2n) is 3.80. The van der Waals surface area contributed by atoms with E-state index in [1.165, 1.54) is 6.92 Å². The van der Waals surface area contributed by atoms with Crippen molar-refractivity contribution in [3.05, 3.63) is 17.7 Å². The van der Waals surface area contributed by atoms with Crippen molar-refractivity contribution in [3.63, 3.8) is 0 Å². The first-order chi connectivity index (χ1) is 8.10. The zero-order valence-corrected chi connectivity index (χ0v) is 12.0. The molecule has 0 saturated carbocycles. The van der Waals surface area contributed by atoms with Crippen molar-refractivity contribution < 1.29 is 16.8 Å². The van der Waals surface area contributed by atoms with E-state index in [0.717, 1.165) is 18.6 Å². The third-order valence-corrected chi connectivity index (χ3v) is 4.66. The minimum Gasteiger partial charge on any atom is -0.229 e. The molecule has 0 radical (unpaired) electrons. The molecule has 10 heteroatoms. The van der Waals surface area contributed by atoms with Gasteiger partial charge in [0.15, 0.2) is 0 Å². The summed E-state index contributed by atoms with van der Waals surface area (Å²) in [6.07, 6.45) is 3.12. The lowest BCUT2D eigenvalue weighted by molar-refractivity contribution is 0.563. The fourth-order valence-corrected chi connectivity index (χ4v) is 3.59. The van der Waals surface area contributed by atoms with Gasteiger partial charge < -0.3 is 0 Å². The number of aromatic nitrogens is 2. The molecule has 0 aliphatic heterocycles. The van der Waals surface area contributed by atoms with Crippen molar-refractivity contribution in [2.45, 2.75) is 17.9 Å². The van der Waals surface area contributed by atoms with Gasteiger partial charge in [-0.25, -0.2) is 31.5 Å². The topological polar surface area (TPSA) is 106 Å². The number of hydrogen-bond donors (Lipinski definition) is 1. The van der Waals surface area contributed by atoms with E-state index in [4.69, 9.17) is 11.6 Å². The van der Waals surface area contributed by atoms with Crippen molar-refractivity contribution in [2.24, 2.45) is 0 Å². The molecule has 1 heterocycles. The molecule has 18 heavy (non-hydrogen) atoms. The van der Waals surface area contributed by atoms with Crippen LogP contribution in [-0.2, 0) is 19.9 Å². The predicted octanol–water partition coefficient (Wildman–Crippen LogP) is -0.159. The largest absolute Gasteiger partial charge is 0.243 e. The average molecular weight is 314 g/mol. The molecule has 0 aromatic carbocycles. The second kappa shape index (κ2) is 5.47. The van der Waals surface area contributed by atoms with Crippen LogP contribution >= 0.6 is 11.6 Å². The van der Waals surface area contributed by atoms with Gasteiger partial charge in [0.25, 0.3) is 0 Å². The maximum atomic E-state index is 11.8. The Bertz CT molecular complexity index is 612. The molecular formula is C8H12ClN3O4S2. The highest BCUT2D eigenvalue weighted by molar-refractivity contribution is 7.91. The van der Waals surface area contributed by atoms with Crippen LogP contribution in [-0.4, -0.2) is 44.9 Å². The Hall–Kier alpha value is -0.770. The van der Waals surface area contributed by atoms with E-state index in [-0.39, 0.29) is 15.9 Å². The second-order valence-corrected chi connectivity index (χ2v) is 8.04. The minimum absolute atomic E-state index is 0.0712. The van der Waals surface area contributed by atoms with Gasteiger partial charge in [-0.15, -0.1) is 0 Å². The Labute approximate surface area is 111 Å². The van der Waals surface area contributed by atoms with E-state index < -0.39 is 25.9 Å². The zero-order chi connectivity index (χ0) is 14.0. The SMILES string of the molecule is CC(CS(C)(=O)=O)NS(=O)(=O)c1cnc(Cl)nc1. The summed E-state index contributed by atoms with van der Waals surface area (Å²) >= 11 is 5.44. The van der Waals surface area contributed by atoms with Crippen molar-refractivity contribution in [2.75, 3.05) is 12.0 Å². The molecule has 1 aromatic rings. The van der Waals surface area contributed by atoms with Crippen LogP contribution in [0, 0.1) is 0 Å². The summed E-state index contributed by atoms with van der Waals surface area (Å²) in [6.45, 7) is 1.45. The monoisotopic (exact) mass is 313 g/mol. The quantitative estimate of drug-likeness (QED) is 0.757. The smallest absolute Gasteiger partial charge is 0.229 e. The summed E-state index contributed by atoms with van der Waals surface area (Å²) in [5.74, 6) is -0.291. The lowest BCUT2D eigenvalue weighted by atomic mass is 10.4. The Kier molecular flexibility index (Phi) is 4.65. The molecule has 0 amide bonds. The number of sulfonamides is 1. The molecule has 0 fully saturated rings. The number of sulfone groups is 1. The number of hydrogen-bond acceptors (Lipinski definition) is 6. The van der Waals surface area contributed by atoms with Crippen LogP contribution < -0.4 is 4.72 Å². The number of nitrogens with one attached hydrogen (secondary N) is 1. The summed E-state index contributed by atoms with van der Waals surface area (Å²) in [4.78, 5) is 6.91. The third kappa shape index (κ3) is 4.84. The minimum atomic E-state index is -3.85.